The van der Waals surface area contributed by atoms with Crippen molar-refractivity contribution in [2.24, 2.45) is 0 Å². The van der Waals surface area contributed by atoms with Crippen molar-refractivity contribution >= 4 is 17.3 Å². The number of benzene rings is 1. The fraction of sp³-hybridized carbons (Fsp3) is 0.333. The second kappa shape index (κ2) is 4.88. The number of rotatable bonds is 2. The van der Waals surface area contributed by atoms with Gasteiger partial charge >= 0.3 is 0 Å². The zero-order chi connectivity index (χ0) is 14.0. The zero-order valence-electron chi connectivity index (χ0n) is 11.9. The predicted molar refractivity (Wildman–Crippen MR) is 79.6 cm³/mol. The summed E-state index contributed by atoms with van der Waals surface area (Å²) in [5.74, 6) is 1.86. The summed E-state index contributed by atoms with van der Waals surface area (Å²) in [5, 5.41) is 3.33. The molecule has 0 bridgehead atoms. The van der Waals surface area contributed by atoms with Gasteiger partial charge in [0.1, 0.15) is 17.5 Å². The lowest BCUT2D eigenvalue weighted by Gasteiger charge is -2.23. The Bertz CT molecular complexity index is 565. The number of nitrogen functional groups attached to an aromatic ring is 1. The van der Waals surface area contributed by atoms with E-state index in [0.717, 1.165) is 11.5 Å². The Morgan fingerprint density at radius 3 is 2.42 bits per heavy atom. The highest BCUT2D eigenvalue weighted by Crippen LogP contribution is 2.30. The third-order valence-electron chi connectivity index (χ3n) is 2.86. The van der Waals surface area contributed by atoms with Crippen LogP contribution in [0.4, 0.5) is 17.3 Å². The van der Waals surface area contributed by atoms with Gasteiger partial charge in [-0.25, -0.2) is 9.97 Å². The molecule has 0 spiro atoms. The standard InChI is InChI=1S/C15H20N4/c1-10-17-13(16)9-14(18-10)19-12-8-6-5-7-11(12)15(2,3)4/h5-9H,1-4H3,(H3,16,17,18,19). The summed E-state index contributed by atoms with van der Waals surface area (Å²) < 4.78 is 0. The average molecular weight is 256 g/mol. The van der Waals surface area contributed by atoms with Gasteiger partial charge in [0.15, 0.2) is 0 Å². The van der Waals surface area contributed by atoms with Crippen LogP contribution in [0.1, 0.15) is 32.2 Å². The molecule has 0 amide bonds. The molecule has 4 heteroatoms. The van der Waals surface area contributed by atoms with Crippen molar-refractivity contribution in [3.8, 4) is 0 Å². The van der Waals surface area contributed by atoms with E-state index in [2.05, 4.69) is 42.1 Å². The molecule has 1 aromatic heterocycles. The van der Waals surface area contributed by atoms with E-state index in [9.17, 15) is 0 Å². The molecule has 100 valence electrons. The van der Waals surface area contributed by atoms with Gasteiger partial charge in [-0.1, -0.05) is 39.0 Å². The van der Waals surface area contributed by atoms with E-state index in [1.54, 1.807) is 6.07 Å². The van der Waals surface area contributed by atoms with Gasteiger partial charge in [-0.05, 0) is 24.0 Å². The maximum Gasteiger partial charge on any atom is 0.136 e. The minimum absolute atomic E-state index is 0.0667. The fourth-order valence-corrected chi connectivity index (χ4v) is 2.04. The first-order valence-corrected chi connectivity index (χ1v) is 6.34. The number of hydrogen-bond donors (Lipinski definition) is 2. The number of nitrogens with zero attached hydrogens (tertiary/aromatic N) is 2. The quantitative estimate of drug-likeness (QED) is 0.864. The molecule has 0 atom stereocenters. The molecular weight excluding hydrogens is 236 g/mol. The number of anilines is 3. The smallest absolute Gasteiger partial charge is 0.136 e. The number of aryl methyl sites for hydroxylation is 1. The molecule has 4 nitrogen and oxygen atoms in total. The van der Waals surface area contributed by atoms with Crippen LogP contribution in [0.25, 0.3) is 0 Å². The second-order valence-electron chi connectivity index (χ2n) is 5.65. The van der Waals surface area contributed by atoms with Crippen LogP contribution >= 0.6 is 0 Å². The topological polar surface area (TPSA) is 63.8 Å². The molecule has 1 heterocycles. The van der Waals surface area contributed by atoms with Gasteiger partial charge in [0.05, 0.1) is 0 Å². The van der Waals surface area contributed by atoms with Crippen molar-refractivity contribution in [1.82, 2.24) is 9.97 Å². The van der Waals surface area contributed by atoms with E-state index in [4.69, 9.17) is 5.73 Å². The fourth-order valence-electron chi connectivity index (χ4n) is 2.04. The molecule has 0 unspecified atom stereocenters. The highest BCUT2D eigenvalue weighted by Gasteiger charge is 2.17. The number of nitrogens with one attached hydrogen (secondary N) is 1. The summed E-state index contributed by atoms with van der Waals surface area (Å²) in [6.07, 6.45) is 0. The summed E-state index contributed by atoms with van der Waals surface area (Å²) in [7, 11) is 0. The minimum Gasteiger partial charge on any atom is -0.384 e. The maximum absolute atomic E-state index is 5.75. The Kier molecular flexibility index (Phi) is 3.42. The Labute approximate surface area is 114 Å². The summed E-state index contributed by atoms with van der Waals surface area (Å²) in [6, 6.07) is 9.97. The lowest BCUT2D eigenvalue weighted by molar-refractivity contribution is 0.592. The van der Waals surface area contributed by atoms with Crippen LogP contribution in [-0.2, 0) is 5.41 Å². The number of hydrogen-bond acceptors (Lipinski definition) is 4. The van der Waals surface area contributed by atoms with Gasteiger partial charge < -0.3 is 11.1 Å². The van der Waals surface area contributed by atoms with Gasteiger partial charge in [0.2, 0.25) is 0 Å². The second-order valence-corrected chi connectivity index (χ2v) is 5.65. The summed E-state index contributed by atoms with van der Waals surface area (Å²) in [6.45, 7) is 8.39. The van der Waals surface area contributed by atoms with Gasteiger partial charge in [-0.3, -0.25) is 0 Å². The molecular formula is C15H20N4. The van der Waals surface area contributed by atoms with Crippen LogP contribution in [0.3, 0.4) is 0 Å². The van der Waals surface area contributed by atoms with Crippen molar-refractivity contribution in [1.29, 1.82) is 0 Å². The molecule has 0 saturated carbocycles. The van der Waals surface area contributed by atoms with Crippen LogP contribution in [0.5, 0.6) is 0 Å². The molecule has 0 aliphatic rings. The van der Waals surface area contributed by atoms with Gasteiger partial charge in [-0.2, -0.15) is 0 Å². The van der Waals surface area contributed by atoms with E-state index in [-0.39, 0.29) is 5.41 Å². The van der Waals surface area contributed by atoms with Crippen molar-refractivity contribution in [3.63, 3.8) is 0 Å². The summed E-state index contributed by atoms with van der Waals surface area (Å²) >= 11 is 0. The number of para-hydroxylation sites is 1. The Hall–Kier alpha value is -2.10. The van der Waals surface area contributed by atoms with E-state index < -0.39 is 0 Å². The zero-order valence-corrected chi connectivity index (χ0v) is 11.9. The highest BCUT2D eigenvalue weighted by atomic mass is 15.0. The lowest BCUT2D eigenvalue weighted by Crippen LogP contribution is -2.14. The van der Waals surface area contributed by atoms with Crippen molar-refractivity contribution in [2.75, 3.05) is 11.1 Å². The summed E-state index contributed by atoms with van der Waals surface area (Å²) in [4.78, 5) is 8.42. The van der Waals surface area contributed by atoms with E-state index >= 15 is 0 Å². The Balaban J connectivity index is 2.38. The lowest BCUT2D eigenvalue weighted by atomic mass is 9.86. The monoisotopic (exact) mass is 256 g/mol. The van der Waals surface area contributed by atoms with E-state index in [1.165, 1.54) is 5.56 Å². The third kappa shape index (κ3) is 3.22. The number of nitrogens with two attached hydrogens (primary N) is 1. The minimum atomic E-state index is 0.0667. The maximum atomic E-state index is 5.75. The van der Waals surface area contributed by atoms with E-state index in [0.29, 0.717) is 11.6 Å². The first-order valence-electron chi connectivity index (χ1n) is 6.34. The Morgan fingerprint density at radius 1 is 1.11 bits per heavy atom. The molecule has 0 aliphatic heterocycles. The molecule has 1 aromatic carbocycles. The molecule has 0 aliphatic carbocycles. The largest absolute Gasteiger partial charge is 0.384 e. The summed E-state index contributed by atoms with van der Waals surface area (Å²) in [5.41, 5.74) is 8.10. The van der Waals surface area contributed by atoms with Gasteiger partial charge in [0.25, 0.3) is 0 Å². The highest BCUT2D eigenvalue weighted by molar-refractivity contribution is 5.63. The molecule has 2 rings (SSSR count). The Morgan fingerprint density at radius 2 is 1.79 bits per heavy atom. The van der Waals surface area contributed by atoms with Crippen LogP contribution in [0.2, 0.25) is 0 Å². The average Bonchev–Trinajstić information content (AvgIpc) is 2.26. The molecule has 2 aromatic rings. The molecule has 3 N–H and O–H groups in total. The molecule has 0 radical (unpaired) electrons. The first-order chi connectivity index (χ1) is 8.86. The van der Waals surface area contributed by atoms with Crippen molar-refractivity contribution < 1.29 is 0 Å². The van der Waals surface area contributed by atoms with Crippen LogP contribution < -0.4 is 11.1 Å². The first kappa shape index (κ1) is 13.3. The van der Waals surface area contributed by atoms with Gasteiger partial charge in [-0.15, -0.1) is 0 Å². The molecule has 0 fully saturated rings. The molecule has 0 saturated heterocycles. The van der Waals surface area contributed by atoms with Crippen molar-refractivity contribution in [3.05, 3.63) is 41.7 Å². The third-order valence-corrected chi connectivity index (χ3v) is 2.86. The molecule has 19 heavy (non-hydrogen) atoms. The van der Waals surface area contributed by atoms with Crippen LogP contribution in [0, 0.1) is 6.92 Å². The SMILES string of the molecule is Cc1nc(N)cc(Nc2ccccc2C(C)(C)C)n1. The van der Waals surface area contributed by atoms with E-state index in [1.807, 2.05) is 25.1 Å². The van der Waals surface area contributed by atoms with Gasteiger partial charge in [0, 0.05) is 11.8 Å². The number of aromatic nitrogens is 2. The normalized spacial score (nSPS) is 11.4. The predicted octanol–water partition coefficient (Wildman–Crippen LogP) is 3.41. The van der Waals surface area contributed by atoms with Crippen LogP contribution in [-0.4, -0.2) is 9.97 Å². The van der Waals surface area contributed by atoms with Crippen LogP contribution in [0.15, 0.2) is 30.3 Å². The van der Waals surface area contributed by atoms with Crippen molar-refractivity contribution in [2.45, 2.75) is 33.1 Å².